The molecule has 0 aliphatic heterocycles. The highest BCUT2D eigenvalue weighted by atomic mass is 32.1. The zero-order valence-corrected chi connectivity index (χ0v) is 24.6. The first kappa shape index (κ1) is 30.0. The SMILES string of the molecule is O=C(NC[C@@H](O)C(=O)O)c1ccc(CN(C(=O)Nc2cccc(-c3ccsc3)c2)c2ccc(C3CCCCC3)cc2)cc1. The van der Waals surface area contributed by atoms with Crippen molar-refractivity contribution < 1.29 is 24.6 Å². The van der Waals surface area contributed by atoms with Gasteiger partial charge in [0.2, 0.25) is 0 Å². The molecule has 43 heavy (non-hydrogen) atoms. The highest BCUT2D eigenvalue weighted by molar-refractivity contribution is 7.08. The number of carboxylic acid groups (broad SMARTS) is 1. The van der Waals surface area contributed by atoms with Gasteiger partial charge >= 0.3 is 12.0 Å². The van der Waals surface area contributed by atoms with Crippen molar-refractivity contribution in [3.63, 3.8) is 0 Å². The number of amides is 3. The van der Waals surface area contributed by atoms with Crippen molar-refractivity contribution in [2.75, 3.05) is 16.8 Å². The van der Waals surface area contributed by atoms with E-state index < -0.39 is 24.5 Å². The maximum atomic E-state index is 13.8. The monoisotopic (exact) mass is 597 g/mol. The second-order valence-corrected chi connectivity index (χ2v) is 11.6. The topological polar surface area (TPSA) is 119 Å². The number of nitrogens with one attached hydrogen (secondary N) is 2. The second kappa shape index (κ2) is 14.1. The number of hydrogen-bond acceptors (Lipinski definition) is 5. The van der Waals surface area contributed by atoms with Gasteiger partial charge in [-0.3, -0.25) is 9.69 Å². The number of rotatable bonds is 10. The number of anilines is 2. The van der Waals surface area contributed by atoms with Crippen LogP contribution in [0.15, 0.2) is 89.6 Å². The molecule has 3 aromatic carbocycles. The first-order valence-corrected chi connectivity index (χ1v) is 15.4. The lowest BCUT2D eigenvalue weighted by Gasteiger charge is -2.26. The molecular weight excluding hydrogens is 562 g/mol. The van der Waals surface area contributed by atoms with Gasteiger partial charge in [0, 0.05) is 16.9 Å². The van der Waals surface area contributed by atoms with Crippen molar-refractivity contribution in [2.45, 2.75) is 50.7 Å². The van der Waals surface area contributed by atoms with E-state index in [2.05, 4.69) is 28.1 Å². The van der Waals surface area contributed by atoms with Crippen LogP contribution in [0, 0.1) is 0 Å². The third-order valence-corrected chi connectivity index (χ3v) is 8.48. The molecule has 5 rings (SSSR count). The molecule has 1 aliphatic rings. The summed E-state index contributed by atoms with van der Waals surface area (Å²) in [5.41, 5.74) is 5.99. The highest BCUT2D eigenvalue weighted by Crippen LogP contribution is 2.34. The number of aliphatic carboxylic acids is 1. The Kier molecular flexibility index (Phi) is 9.86. The number of hydrogen-bond donors (Lipinski definition) is 4. The van der Waals surface area contributed by atoms with Crippen LogP contribution in [-0.4, -0.2) is 40.8 Å². The number of carbonyl (C=O) groups is 3. The van der Waals surface area contributed by atoms with E-state index in [0.29, 0.717) is 17.2 Å². The molecule has 222 valence electrons. The van der Waals surface area contributed by atoms with Gasteiger partial charge in [0.15, 0.2) is 6.10 Å². The Morgan fingerprint density at radius 2 is 1.65 bits per heavy atom. The van der Waals surface area contributed by atoms with E-state index in [9.17, 15) is 19.5 Å². The molecule has 9 heteroatoms. The first-order chi connectivity index (χ1) is 20.9. The number of aliphatic hydroxyl groups is 1. The Bertz CT molecular complexity index is 1530. The van der Waals surface area contributed by atoms with Gasteiger partial charge in [-0.05, 0) is 94.2 Å². The average molecular weight is 598 g/mol. The summed E-state index contributed by atoms with van der Waals surface area (Å²) < 4.78 is 0. The zero-order chi connectivity index (χ0) is 30.2. The van der Waals surface area contributed by atoms with Crippen LogP contribution < -0.4 is 15.5 Å². The molecule has 0 bridgehead atoms. The van der Waals surface area contributed by atoms with E-state index in [1.54, 1.807) is 40.5 Å². The molecule has 1 aromatic heterocycles. The smallest absolute Gasteiger partial charge is 0.334 e. The van der Waals surface area contributed by atoms with Crippen LogP contribution >= 0.6 is 11.3 Å². The molecule has 4 N–H and O–H groups in total. The Balaban J connectivity index is 1.34. The fourth-order valence-corrected chi connectivity index (χ4v) is 6.03. The van der Waals surface area contributed by atoms with Crippen LogP contribution in [0.25, 0.3) is 11.1 Å². The molecule has 1 fully saturated rings. The predicted molar refractivity (Wildman–Crippen MR) is 170 cm³/mol. The number of aliphatic hydroxyl groups excluding tert-OH is 1. The maximum absolute atomic E-state index is 13.8. The first-order valence-electron chi connectivity index (χ1n) is 14.5. The summed E-state index contributed by atoms with van der Waals surface area (Å²) >= 11 is 1.62. The molecule has 3 amide bonds. The minimum Gasteiger partial charge on any atom is -0.479 e. The van der Waals surface area contributed by atoms with Crippen molar-refractivity contribution in [3.05, 3.63) is 106 Å². The van der Waals surface area contributed by atoms with E-state index in [-0.39, 0.29) is 12.6 Å². The number of urea groups is 1. The lowest BCUT2D eigenvalue weighted by atomic mass is 9.84. The molecule has 1 saturated carbocycles. The van der Waals surface area contributed by atoms with Gasteiger partial charge in [-0.25, -0.2) is 9.59 Å². The normalized spacial score (nSPS) is 14.1. The van der Waals surface area contributed by atoms with E-state index in [1.165, 1.54) is 37.7 Å². The summed E-state index contributed by atoms with van der Waals surface area (Å²) in [6.07, 6.45) is 4.50. The van der Waals surface area contributed by atoms with Crippen LogP contribution in [0.5, 0.6) is 0 Å². The zero-order valence-electron chi connectivity index (χ0n) is 23.7. The molecule has 4 aromatic rings. The molecule has 1 aliphatic carbocycles. The van der Waals surface area contributed by atoms with Gasteiger partial charge in [-0.2, -0.15) is 11.3 Å². The summed E-state index contributed by atoms with van der Waals surface area (Å²) in [7, 11) is 0. The summed E-state index contributed by atoms with van der Waals surface area (Å²) in [5, 5.41) is 27.8. The standard InChI is InChI=1S/C34H35N3O5S/c38-31(33(40)41)20-35-32(39)26-11-9-23(10-12-26)21-37(30-15-13-25(14-16-30)24-5-2-1-3-6-24)34(42)36-29-8-4-7-27(19-29)28-17-18-43-22-28/h4,7-19,22,24,31,38H,1-3,5-6,20-21H2,(H,35,39)(H,36,42)(H,40,41)/t31-/m1/s1. The summed E-state index contributed by atoms with van der Waals surface area (Å²) in [6.45, 7) is -0.132. The fourth-order valence-electron chi connectivity index (χ4n) is 5.36. The number of carbonyl (C=O) groups excluding carboxylic acids is 2. The fraction of sp³-hybridized carbons (Fsp3) is 0.265. The lowest BCUT2D eigenvalue weighted by Crippen LogP contribution is -2.36. The van der Waals surface area contributed by atoms with Crippen molar-refractivity contribution in [1.29, 1.82) is 0 Å². The minimum atomic E-state index is -1.68. The van der Waals surface area contributed by atoms with E-state index in [4.69, 9.17) is 5.11 Å². The molecule has 0 spiro atoms. The second-order valence-electron chi connectivity index (χ2n) is 10.8. The molecule has 0 unspecified atom stereocenters. The lowest BCUT2D eigenvalue weighted by molar-refractivity contribution is -0.146. The number of nitrogens with zero attached hydrogens (tertiary/aromatic N) is 1. The summed E-state index contributed by atoms with van der Waals surface area (Å²) in [5.74, 6) is -1.34. The molecule has 1 heterocycles. The van der Waals surface area contributed by atoms with Crippen molar-refractivity contribution in [2.24, 2.45) is 0 Å². The summed E-state index contributed by atoms with van der Waals surface area (Å²) in [6, 6.07) is 24.5. The van der Waals surface area contributed by atoms with Crippen molar-refractivity contribution in [3.8, 4) is 11.1 Å². The van der Waals surface area contributed by atoms with Gasteiger partial charge in [0.05, 0.1) is 13.1 Å². The molecular formula is C34H35N3O5S. The Labute approximate surface area is 255 Å². The van der Waals surface area contributed by atoms with Crippen LogP contribution in [-0.2, 0) is 11.3 Å². The van der Waals surface area contributed by atoms with Crippen LogP contribution in [0.2, 0.25) is 0 Å². The van der Waals surface area contributed by atoms with E-state index in [1.807, 2.05) is 47.8 Å². The van der Waals surface area contributed by atoms with Gasteiger partial charge in [-0.1, -0.05) is 55.7 Å². The van der Waals surface area contributed by atoms with Gasteiger partial charge in [-0.15, -0.1) is 0 Å². The van der Waals surface area contributed by atoms with Crippen molar-refractivity contribution >= 4 is 40.6 Å². The molecule has 8 nitrogen and oxygen atoms in total. The van der Waals surface area contributed by atoms with Crippen LogP contribution in [0.4, 0.5) is 16.2 Å². The van der Waals surface area contributed by atoms with Crippen molar-refractivity contribution in [1.82, 2.24) is 5.32 Å². The Morgan fingerprint density at radius 3 is 2.33 bits per heavy atom. The number of benzene rings is 3. The predicted octanol–water partition coefficient (Wildman–Crippen LogP) is 6.88. The Morgan fingerprint density at radius 1 is 0.907 bits per heavy atom. The maximum Gasteiger partial charge on any atom is 0.334 e. The molecule has 0 saturated heterocycles. The third kappa shape index (κ3) is 7.88. The number of thiophene rings is 1. The van der Waals surface area contributed by atoms with E-state index in [0.717, 1.165) is 22.4 Å². The summed E-state index contributed by atoms with van der Waals surface area (Å²) in [4.78, 5) is 38.7. The van der Waals surface area contributed by atoms with Crippen LogP contribution in [0.1, 0.15) is 59.5 Å². The van der Waals surface area contributed by atoms with E-state index >= 15 is 0 Å². The number of carboxylic acids is 1. The van der Waals surface area contributed by atoms with Gasteiger partial charge in [0.25, 0.3) is 5.91 Å². The highest BCUT2D eigenvalue weighted by Gasteiger charge is 2.20. The van der Waals surface area contributed by atoms with Gasteiger partial charge < -0.3 is 20.8 Å². The molecule has 1 atom stereocenters. The Hall–Kier alpha value is -4.47. The van der Waals surface area contributed by atoms with Gasteiger partial charge in [0.1, 0.15) is 0 Å². The molecule has 0 radical (unpaired) electrons. The third-order valence-electron chi connectivity index (χ3n) is 7.79. The largest absolute Gasteiger partial charge is 0.479 e. The van der Waals surface area contributed by atoms with Crippen LogP contribution in [0.3, 0.4) is 0 Å². The quantitative estimate of drug-likeness (QED) is 0.159. The minimum absolute atomic E-state index is 0.262. The average Bonchev–Trinajstić information content (AvgIpc) is 3.59.